The topological polar surface area (TPSA) is 37.3 Å². The standard InChI is InChI=1S/C20H28O2/c1-5-8-14-11-17(21)20(18(22)12-14)19-15(6-2)9-13(4)10-16(19)7-3/h9-10,14,21H,5-8,11-12H2,1-4H3. The van der Waals surface area contributed by atoms with Gasteiger partial charge in [-0.15, -0.1) is 0 Å². The van der Waals surface area contributed by atoms with Crippen LogP contribution in [0.2, 0.25) is 0 Å². The molecule has 0 spiro atoms. The Kier molecular flexibility index (Phi) is 5.44. The maximum atomic E-state index is 12.7. The number of aryl methyl sites for hydroxylation is 3. The van der Waals surface area contributed by atoms with Crippen LogP contribution in [-0.2, 0) is 17.6 Å². The third kappa shape index (κ3) is 3.26. The number of carbonyl (C=O) groups is 1. The number of allylic oxidation sites excluding steroid dienone is 2. The second-order valence-corrected chi connectivity index (χ2v) is 6.47. The average Bonchev–Trinajstić information content (AvgIpc) is 2.47. The first kappa shape index (κ1) is 16.8. The molecule has 2 nitrogen and oxygen atoms in total. The van der Waals surface area contributed by atoms with Gasteiger partial charge in [-0.25, -0.2) is 0 Å². The van der Waals surface area contributed by atoms with Gasteiger partial charge in [0, 0.05) is 12.8 Å². The van der Waals surface area contributed by atoms with Crippen molar-refractivity contribution in [1.29, 1.82) is 0 Å². The number of carbonyl (C=O) groups excluding carboxylic acids is 1. The second kappa shape index (κ2) is 7.13. The van der Waals surface area contributed by atoms with E-state index in [-0.39, 0.29) is 5.78 Å². The molecule has 1 unspecified atom stereocenters. The predicted molar refractivity (Wildman–Crippen MR) is 92.1 cm³/mol. The van der Waals surface area contributed by atoms with E-state index in [0.717, 1.165) is 31.2 Å². The van der Waals surface area contributed by atoms with Crippen molar-refractivity contribution in [2.45, 2.75) is 66.2 Å². The number of rotatable bonds is 5. The number of benzene rings is 1. The van der Waals surface area contributed by atoms with E-state index < -0.39 is 0 Å². The van der Waals surface area contributed by atoms with Crippen molar-refractivity contribution in [2.24, 2.45) is 5.92 Å². The van der Waals surface area contributed by atoms with Gasteiger partial charge < -0.3 is 5.11 Å². The molecule has 0 bridgehead atoms. The Morgan fingerprint density at radius 2 is 1.68 bits per heavy atom. The third-order valence-electron chi connectivity index (χ3n) is 4.68. The number of hydrogen-bond acceptors (Lipinski definition) is 2. The highest BCUT2D eigenvalue weighted by Crippen LogP contribution is 2.37. The van der Waals surface area contributed by atoms with Crippen LogP contribution in [0.3, 0.4) is 0 Å². The fourth-order valence-corrected chi connectivity index (χ4v) is 3.69. The van der Waals surface area contributed by atoms with Gasteiger partial charge in [0.15, 0.2) is 5.78 Å². The van der Waals surface area contributed by atoms with E-state index in [1.165, 1.54) is 16.7 Å². The Balaban J connectivity index is 2.55. The zero-order chi connectivity index (χ0) is 16.3. The fraction of sp³-hybridized carbons (Fsp3) is 0.550. The largest absolute Gasteiger partial charge is 0.512 e. The van der Waals surface area contributed by atoms with E-state index in [0.29, 0.717) is 30.1 Å². The Labute approximate surface area is 134 Å². The summed E-state index contributed by atoms with van der Waals surface area (Å²) in [6, 6.07) is 4.31. The van der Waals surface area contributed by atoms with Crippen molar-refractivity contribution in [2.75, 3.05) is 0 Å². The monoisotopic (exact) mass is 300 g/mol. The van der Waals surface area contributed by atoms with Gasteiger partial charge in [-0.2, -0.15) is 0 Å². The fourth-order valence-electron chi connectivity index (χ4n) is 3.69. The van der Waals surface area contributed by atoms with Crippen LogP contribution in [0.15, 0.2) is 17.9 Å². The van der Waals surface area contributed by atoms with E-state index in [4.69, 9.17) is 0 Å². The Morgan fingerprint density at radius 3 is 2.14 bits per heavy atom. The molecule has 1 N–H and O–H groups in total. The molecule has 0 saturated carbocycles. The summed E-state index contributed by atoms with van der Waals surface area (Å²) in [5.41, 5.74) is 5.19. The van der Waals surface area contributed by atoms with Crippen LogP contribution in [0.1, 0.15) is 68.7 Å². The maximum absolute atomic E-state index is 12.7. The molecule has 0 fully saturated rings. The lowest BCUT2D eigenvalue weighted by Gasteiger charge is -2.26. The summed E-state index contributed by atoms with van der Waals surface area (Å²) in [4.78, 5) is 12.7. The van der Waals surface area contributed by atoms with Gasteiger partial charge in [-0.1, -0.05) is 44.9 Å². The molecule has 2 rings (SSSR count). The lowest BCUT2D eigenvalue weighted by molar-refractivity contribution is -0.115. The third-order valence-corrected chi connectivity index (χ3v) is 4.68. The second-order valence-electron chi connectivity index (χ2n) is 6.47. The molecule has 22 heavy (non-hydrogen) atoms. The van der Waals surface area contributed by atoms with Gasteiger partial charge in [-0.3, -0.25) is 4.79 Å². The van der Waals surface area contributed by atoms with E-state index in [1.807, 2.05) is 0 Å². The molecule has 0 amide bonds. The highest BCUT2D eigenvalue weighted by atomic mass is 16.3. The number of Topliss-reactive ketones (excluding diaryl/α,β-unsaturated/α-hetero) is 1. The Morgan fingerprint density at radius 1 is 1.09 bits per heavy atom. The van der Waals surface area contributed by atoms with E-state index in [2.05, 4.69) is 39.8 Å². The SMILES string of the molecule is CCCC1CC(=O)C(c2c(CC)cc(C)cc2CC)=C(O)C1. The molecular formula is C20H28O2. The quantitative estimate of drug-likeness (QED) is 0.814. The van der Waals surface area contributed by atoms with Gasteiger partial charge >= 0.3 is 0 Å². The average molecular weight is 300 g/mol. The predicted octanol–water partition coefficient (Wildman–Crippen LogP) is 5.17. The van der Waals surface area contributed by atoms with Crippen LogP contribution >= 0.6 is 0 Å². The first-order chi connectivity index (χ1) is 10.5. The van der Waals surface area contributed by atoms with E-state index in [9.17, 15) is 9.90 Å². The van der Waals surface area contributed by atoms with E-state index in [1.54, 1.807) is 0 Å². The molecule has 0 radical (unpaired) electrons. The summed E-state index contributed by atoms with van der Waals surface area (Å²) in [5.74, 6) is 0.736. The number of ketones is 1. The molecule has 1 aromatic carbocycles. The molecule has 1 aliphatic carbocycles. The normalized spacial score (nSPS) is 18.9. The summed E-state index contributed by atoms with van der Waals surface area (Å²) in [5, 5.41) is 10.6. The molecule has 1 atom stereocenters. The number of aliphatic hydroxyl groups excluding tert-OH is 1. The van der Waals surface area contributed by atoms with Gasteiger partial charge in [0.1, 0.15) is 5.76 Å². The molecule has 2 heteroatoms. The first-order valence-electron chi connectivity index (χ1n) is 8.59. The Hall–Kier alpha value is -1.57. The molecule has 0 aromatic heterocycles. The maximum Gasteiger partial charge on any atom is 0.167 e. The summed E-state index contributed by atoms with van der Waals surface area (Å²) in [6.45, 7) is 8.45. The van der Waals surface area contributed by atoms with Gasteiger partial charge in [-0.05, 0) is 48.8 Å². The van der Waals surface area contributed by atoms with Crippen molar-refractivity contribution < 1.29 is 9.90 Å². The zero-order valence-electron chi connectivity index (χ0n) is 14.3. The van der Waals surface area contributed by atoms with Gasteiger partial charge in [0.25, 0.3) is 0 Å². The minimum atomic E-state index is 0.121. The molecule has 0 aliphatic heterocycles. The molecule has 1 aromatic rings. The lowest BCUT2D eigenvalue weighted by atomic mass is 9.79. The number of hydrogen-bond donors (Lipinski definition) is 1. The van der Waals surface area contributed by atoms with Gasteiger partial charge in [0.05, 0.1) is 5.57 Å². The molecule has 120 valence electrons. The molecule has 0 saturated heterocycles. The minimum Gasteiger partial charge on any atom is -0.512 e. The van der Waals surface area contributed by atoms with Crippen LogP contribution < -0.4 is 0 Å². The first-order valence-corrected chi connectivity index (χ1v) is 8.59. The smallest absolute Gasteiger partial charge is 0.167 e. The zero-order valence-corrected chi connectivity index (χ0v) is 14.3. The van der Waals surface area contributed by atoms with Crippen LogP contribution in [0, 0.1) is 12.8 Å². The van der Waals surface area contributed by atoms with Crippen molar-refractivity contribution >= 4 is 11.4 Å². The van der Waals surface area contributed by atoms with Crippen molar-refractivity contribution in [3.8, 4) is 0 Å². The van der Waals surface area contributed by atoms with Crippen LogP contribution in [0.25, 0.3) is 5.57 Å². The molecule has 1 aliphatic rings. The molecular weight excluding hydrogens is 272 g/mol. The molecule has 0 heterocycles. The summed E-state index contributed by atoms with van der Waals surface area (Å²) in [7, 11) is 0. The van der Waals surface area contributed by atoms with Crippen molar-refractivity contribution in [3.05, 3.63) is 40.1 Å². The summed E-state index contributed by atoms with van der Waals surface area (Å²) < 4.78 is 0. The van der Waals surface area contributed by atoms with Crippen LogP contribution in [-0.4, -0.2) is 10.9 Å². The van der Waals surface area contributed by atoms with Crippen LogP contribution in [0.4, 0.5) is 0 Å². The highest BCUT2D eigenvalue weighted by molar-refractivity contribution is 6.22. The van der Waals surface area contributed by atoms with Crippen molar-refractivity contribution in [3.63, 3.8) is 0 Å². The van der Waals surface area contributed by atoms with Crippen molar-refractivity contribution in [1.82, 2.24) is 0 Å². The van der Waals surface area contributed by atoms with Crippen LogP contribution in [0.5, 0.6) is 0 Å². The lowest BCUT2D eigenvalue weighted by Crippen LogP contribution is -2.20. The Bertz CT molecular complexity index is 571. The highest BCUT2D eigenvalue weighted by Gasteiger charge is 2.30. The number of aliphatic hydroxyl groups is 1. The minimum absolute atomic E-state index is 0.121. The van der Waals surface area contributed by atoms with E-state index >= 15 is 0 Å². The summed E-state index contributed by atoms with van der Waals surface area (Å²) in [6.07, 6.45) is 5.06. The van der Waals surface area contributed by atoms with Gasteiger partial charge in [0.2, 0.25) is 0 Å². The summed E-state index contributed by atoms with van der Waals surface area (Å²) >= 11 is 0.